The molecule has 0 unspecified atom stereocenters. The van der Waals surface area contributed by atoms with Crippen molar-refractivity contribution in [2.75, 3.05) is 0 Å². The maximum Gasteiger partial charge on any atom is 0.433 e. The summed E-state index contributed by atoms with van der Waals surface area (Å²) >= 11 is 0. The Morgan fingerprint density at radius 2 is 2.05 bits per heavy atom. The monoisotopic (exact) mass is 289 g/mol. The van der Waals surface area contributed by atoms with Gasteiger partial charge in [0, 0.05) is 6.04 Å². The van der Waals surface area contributed by atoms with E-state index in [1.165, 1.54) is 6.92 Å². The van der Waals surface area contributed by atoms with Crippen LogP contribution in [-0.4, -0.2) is 21.7 Å². The number of nitrogens with one attached hydrogen (secondary N) is 1. The highest BCUT2D eigenvalue weighted by molar-refractivity contribution is 5.76. The summed E-state index contributed by atoms with van der Waals surface area (Å²) in [4.78, 5) is 11.8. The smallest absolute Gasteiger partial charge is 0.352 e. The van der Waals surface area contributed by atoms with Gasteiger partial charge in [-0.05, 0) is 25.8 Å². The molecule has 0 spiro atoms. The minimum Gasteiger partial charge on any atom is -0.352 e. The van der Waals surface area contributed by atoms with Gasteiger partial charge in [0.15, 0.2) is 0 Å². The van der Waals surface area contributed by atoms with Gasteiger partial charge in [0.2, 0.25) is 5.91 Å². The first-order valence-electron chi connectivity index (χ1n) is 6.77. The van der Waals surface area contributed by atoms with Gasteiger partial charge in [-0.25, -0.2) is 0 Å². The lowest BCUT2D eigenvalue weighted by atomic mass is 9.95. The first-order valence-corrected chi connectivity index (χ1v) is 6.77. The predicted octanol–water partition coefficient (Wildman–Crippen LogP) is 2.66. The molecule has 112 valence electrons. The van der Waals surface area contributed by atoms with Crippen molar-refractivity contribution in [1.29, 1.82) is 0 Å². The van der Waals surface area contributed by atoms with Crippen LogP contribution >= 0.6 is 0 Å². The van der Waals surface area contributed by atoms with Crippen molar-refractivity contribution in [2.24, 2.45) is 0 Å². The van der Waals surface area contributed by atoms with Gasteiger partial charge in [0.25, 0.3) is 0 Å². The van der Waals surface area contributed by atoms with E-state index in [0.29, 0.717) is 0 Å². The molecule has 4 nitrogen and oxygen atoms in total. The van der Waals surface area contributed by atoms with Crippen molar-refractivity contribution < 1.29 is 18.0 Å². The van der Waals surface area contributed by atoms with Gasteiger partial charge in [0.05, 0.1) is 5.69 Å². The van der Waals surface area contributed by atoms with Gasteiger partial charge < -0.3 is 5.32 Å². The third kappa shape index (κ3) is 3.74. The summed E-state index contributed by atoms with van der Waals surface area (Å²) in [6, 6.07) is 1.04. The fourth-order valence-corrected chi connectivity index (χ4v) is 2.55. The van der Waals surface area contributed by atoms with Crippen molar-refractivity contribution in [3.05, 3.63) is 17.5 Å². The van der Waals surface area contributed by atoms with Crippen molar-refractivity contribution in [3.8, 4) is 0 Å². The first kappa shape index (κ1) is 14.9. The van der Waals surface area contributed by atoms with Crippen molar-refractivity contribution >= 4 is 5.91 Å². The summed E-state index contributed by atoms with van der Waals surface area (Å²) < 4.78 is 39.1. The van der Waals surface area contributed by atoms with Crippen LogP contribution in [0.5, 0.6) is 0 Å². The van der Waals surface area contributed by atoms with Crippen LogP contribution in [0.2, 0.25) is 0 Å². The molecule has 2 rings (SSSR count). The third-order valence-electron chi connectivity index (χ3n) is 3.46. The zero-order valence-electron chi connectivity index (χ0n) is 11.3. The summed E-state index contributed by atoms with van der Waals surface area (Å²) in [5, 5.41) is 6.53. The second-order valence-electron chi connectivity index (χ2n) is 5.23. The summed E-state index contributed by atoms with van der Waals surface area (Å²) in [7, 11) is 0. The lowest BCUT2D eigenvalue weighted by Crippen LogP contribution is -2.38. The number of amides is 1. The number of aryl methyl sites for hydroxylation is 1. The van der Waals surface area contributed by atoms with E-state index >= 15 is 0 Å². The van der Waals surface area contributed by atoms with Crippen LogP contribution in [-0.2, 0) is 17.5 Å². The second kappa shape index (κ2) is 5.85. The van der Waals surface area contributed by atoms with Gasteiger partial charge in [-0.1, -0.05) is 19.3 Å². The second-order valence-corrected chi connectivity index (χ2v) is 5.23. The Kier molecular flexibility index (Phi) is 4.35. The average molecular weight is 289 g/mol. The Balaban J connectivity index is 2.00. The number of nitrogens with zero attached hydrogens (tertiary/aromatic N) is 2. The summed E-state index contributed by atoms with van der Waals surface area (Å²) in [6.45, 7) is 1.09. The number of carbonyl (C=O) groups excluding carboxylic acids is 1. The number of hydrogen-bond donors (Lipinski definition) is 1. The van der Waals surface area contributed by atoms with E-state index in [1.54, 1.807) is 0 Å². The number of aromatic nitrogens is 2. The molecule has 1 aromatic rings. The van der Waals surface area contributed by atoms with Gasteiger partial charge in [0.1, 0.15) is 12.2 Å². The van der Waals surface area contributed by atoms with E-state index < -0.39 is 17.8 Å². The molecule has 0 bridgehead atoms. The molecule has 1 heterocycles. The number of carbonyl (C=O) groups is 1. The molecule has 1 saturated carbocycles. The molecule has 1 amide bonds. The van der Waals surface area contributed by atoms with Gasteiger partial charge in [-0.15, -0.1) is 0 Å². The van der Waals surface area contributed by atoms with E-state index in [9.17, 15) is 18.0 Å². The Bertz CT molecular complexity index is 476. The molecule has 1 aliphatic rings. The molecule has 0 atom stereocenters. The molecule has 1 N–H and O–H groups in total. The maximum absolute atomic E-state index is 12.8. The molecule has 1 fully saturated rings. The standard InChI is InChI=1S/C13H18F3N3O/c1-9-7-11(13(14,15)16)19(18-9)8-12(20)17-10-5-3-2-4-6-10/h7,10H,2-6,8H2,1H3,(H,17,20). The van der Waals surface area contributed by atoms with Crippen molar-refractivity contribution in [1.82, 2.24) is 15.1 Å². The molecular weight excluding hydrogens is 271 g/mol. The summed E-state index contributed by atoms with van der Waals surface area (Å²) in [5.74, 6) is -0.412. The van der Waals surface area contributed by atoms with Gasteiger partial charge in [-0.3, -0.25) is 9.48 Å². The lowest BCUT2D eigenvalue weighted by Gasteiger charge is -2.23. The van der Waals surface area contributed by atoms with Crippen LogP contribution in [0.4, 0.5) is 13.2 Å². The van der Waals surface area contributed by atoms with Gasteiger partial charge >= 0.3 is 6.18 Å². The van der Waals surface area contributed by atoms with Crippen LogP contribution < -0.4 is 5.32 Å². The third-order valence-corrected chi connectivity index (χ3v) is 3.46. The molecule has 1 aliphatic carbocycles. The SMILES string of the molecule is Cc1cc(C(F)(F)F)n(CC(=O)NC2CCCCC2)n1. The summed E-state index contributed by atoms with van der Waals surface area (Å²) in [5.41, 5.74) is -0.628. The van der Waals surface area contributed by atoms with Crippen LogP contribution in [0.15, 0.2) is 6.07 Å². The van der Waals surface area contributed by atoms with E-state index in [2.05, 4.69) is 10.4 Å². The van der Waals surface area contributed by atoms with E-state index in [4.69, 9.17) is 0 Å². The lowest BCUT2D eigenvalue weighted by molar-refractivity contribution is -0.144. The Labute approximate surface area is 115 Å². The predicted molar refractivity (Wildman–Crippen MR) is 67.0 cm³/mol. The molecule has 0 aromatic carbocycles. The highest BCUT2D eigenvalue weighted by atomic mass is 19.4. The Hall–Kier alpha value is -1.53. The number of rotatable bonds is 3. The normalized spacial score (nSPS) is 17.2. The number of alkyl halides is 3. The molecular formula is C13H18F3N3O. The number of halogens is 3. The fraction of sp³-hybridized carbons (Fsp3) is 0.692. The number of hydrogen-bond acceptors (Lipinski definition) is 2. The topological polar surface area (TPSA) is 46.9 Å². The Morgan fingerprint density at radius 1 is 1.40 bits per heavy atom. The van der Waals surface area contributed by atoms with Crippen molar-refractivity contribution in [2.45, 2.75) is 57.8 Å². The first-order chi connectivity index (χ1) is 9.36. The molecule has 0 radical (unpaired) electrons. The largest absolute Gasteiger partial charge is 0.433 e. The zero-order chi connectivity index (χ0) is 14.8. The van der Waals surface area contributed by atoms with E-state index in [0.717, 1.165) is 42.9 Å². The van der Waals surface area contributed by atoms with E-state index in [-0.39, 0.29) is 18.3 Å². The molecule has 0 aliphatic heterocycles. The quantitative estimate of drug-likeness (QED) is 0.930. The molecule has 1 aromatic heterocycles. The highest BCUT2D eigenvalue weighted by Gasteiger charge is 2.35. The molecule has 20 heavy (non-hydrogen) atoms. The minimum absolute atomic E-state index is 0.0854. The summed E-state index contributed by atoms with van der Waals surface area (Å²) in [6.07, 6.45) is 0.570. The fourth-order valence-electron chi connectivity index (χ4n) is 2.55. The van der Waals surface area contributed by atoms with Crippen LogP contribution in [0.25, 0.3) is 0 Å². The van der Waals surface area contributed by atoms with Crippen molar-refractivity contribution in [3.63, 3.8) is 0 Å². The zero-order valence-corrected chi connectivity index (χ0v) is 11.3. The van der Waals surface area contributed by atoms with Crippen LogP contribution in [0, 0.1) is 6.92 Å². The van der Waals surface area contributed by atoms with Gasteiger partial charge in [-0.2, -0.15) is 18.3 Å². The van der Waals surface area contributed by atoms with E-state index in [1.807, 2.05) is 0 Å². The Morgan fingerprint density at radius 3 is 2.65 bits per heavy atom. The molecule has 7 heteroatoms. The minimum atomic E-state index is -4.49. The average Bonchev–Trinajstić information content (AvgIpc) is 2.71. The maximum atomic E-state index is 12.8. The van der Waals surface area contributed by atoms with Crippen LogP contribution in [0.3, 0.4) is 0 Å². The molecule has 0 saturated heterocycles. The highest BCUT2D eigenvalue weighted by Crippen LogP contribution is 2.29. The van der Waals surface area contributed by atoms with Crippen LogP contribution in [0.1, 0.15) is 43.5 Å².